The van der Waals surface area contributed by atoms with Gasteiger partial charge in [0.1, 0.15) is 11.5 Å². The van der Waals surface area contributed by atoms with Gasteiger partial charge in [0.2, 0.25) is 0 Å². The molecule has 1 heterocycles. The van der Waals surface area contributed by atoms with Gasteiger partial charge in [-0.25, -0.2) is 0 Å². The zero-order valence-corrected chi connectivity index (χ0v) is 15.8. The van der Waals surface area contributed by atoms with Crippen LogP contribution in [-0.2, 0) is 4.79 Å². The van der Waals surface area contributed by atoms with Crippen molar-refractivity contribution in [2.75, 3.05) is 18.6 Å². The molecule has 1 saturated carbocycles. The number of carbonyl (C=O) groups is 1. The molecule has 27 heavy (non-hydrogen) atoms. The van der Waals surface area contributed by atoms with Crippen molar-refractivity contribution in [3.05, 3.63) is 72.3 Å². The summed E-state index contributed by atoms with van der Waals surface area (Å²) in [5, 5.41) is 0. The van der Waals surface area contributed by atoms with Crippen LogP contribution in [0.5, 0.6) is 5.75 Å². The molecular weight excluding hydrogens is 334 g/mol. The Balaban J connectivity index is 1.60. The zero-order valence-electron chi connectivity index (χ0n) is 15.8. The molecular formula is C24H25NO2. The van der Waals surface area contributed by atoms with E-state index < -0.39 is 0 Å². The van der Waals surface area contributed by atoms with Gasteiger partial charge < -0.3 is 9.64 Å². The van der Waals surface area contributed by atoms with Gasteiger partial charge in [-0.2, -0.15) is 0 Å². The van der Waals surface area contributed by atoms with E-state index in [1.807, 2.05) is 18.2 Å². The summed E-state index contributed by atoms with van der Waals surface area (Å²) in [5.74, 6) is 2.57. The van der Waals surface area contributed by atoms with Gasteiger partial charge in [0.25, 0.3) is 0 Å². The van der Waals surface area contributed by atoms with Crippen molar-refractivity contribution in [1.82, 2.24) is 0 Å². The number of ketones is 1. The Hall–Kier alpha value is -2.55. The number of Topliss-reactive ketones (excluding diaryl/α,β-unsaturated/α-hetero) is 1. The molecule has 0 aromatic heterocycles. The van der Waals surface area contributed by atoms with E-state index in [0.717, 1.165) is 17.9 Å². The minimum absolute atomic E-state index is 0.0457. The van der Waals surface area contributed by atoms with Gasteiger partial charge in [0.05, 0.1) is 13.0 Å². The molecule has 6 atom stereocenters. The number of hydrogen-bond donors (Lipinski definition) is 0. The Morgan fingerprint density at radius 3 is 2.44 bits per heavy atom. The largest absolute Gasteiger partial charge is 0.497 e. The molecule has 2 aromatic carbocycles. The van der Waals surface area contributed by atoms with Crippen molar-refractivity contribution in [3.8, 4) is 5.75 Å². The number of allylic oxidation sites excluding steroid dienone is 1. The van der Waals surface area contributed by atoms with E-state index in [0.29, 0.717) is 23.5 Å². The maximum Gasteiger partial charge on any atom is 0.146 e. The molecule has 0 amide bonds. The lowest BCUT2D eigenvalue weighted by atomic mass is 9.73. The molecule has 0 bridgehead atoms. The minimum atomic E-state index is -0.0457. The SMILES string of the molecule is COc1ccc(N2C[C@H]3C=C[C@@H](C)[C@H]4C(=O)[C@H](c5ccccc5)C2[C@H]43)cc1. The summed E-state index contributed by atoms with van der Waals surface area (Å²) in [4.78, 5) is 16.0. The van der Waals surface area contributed by atoms with Gasteiger partial charge in [-0.15, -0.1) is 0 Å². The van der Waals surface area contributed by atoms with Gasteiger partial charge in [-0.3, -0.25) is 4.79 Å². The predicted molar refractivity (Wildman–Crippen MR) is 107 cm³/mol. The first-order chi connectivity index (χ1) is 13.2. The predicted octanol–water partition coefficient (Wildman–Crippen LogP) is 4.30. The van der Waals surface area contributed by atoms with E-state index in [2.05, 4.69) is 60.4 Å². The number of nitrogens with zero attached hydrogens (tertiary/aromatic N) is 1. The van der Waals surface area contributed by atoms with Crippen LogP contribution in [0.15, 0.2) is 66.7 Å². The molecule has 1 aliphatic heterocycles. The Morgan fingerprint density at radius 2 is 1.74 bits per heavy atom. The standard InChI is InChI=1S/C24H25NO2/c1-15-8-9-17-14-25(18-10-12-19(27-2)13-11-18)23-21(17)20(15)24(26)22(23)16-6-4-3-5-7-16/h3-13,15,17,20-23H,14H2,1-2H3/t15-,17-,20-,21+,22-,23?/m1/s1. The average Bonchev–Trinajstić information content (AvgIpc) is 3.23. The highest BCUT2D eigenvalue weighted by Gasteiger charge is 2.60. The van der Waals surface area contributed by atoms with Gasteiger partial charge in [0.15, 0.2) is 0 Å². The number of carbonyl (C=O) groups excluding carboxylic acids is 1. The molecule has 3 heteroatoms. The summed E-state index contributed by atoms with van der Waals surface area (Å²) in [7, 11) is 1.69. The molecule has 3 aliphatic rings. The maximum absolute atomic E-state index is 13.5. The fourth-order valence-corrected chi connectivity index (χ4v) is 5.69. The quantitative estimate of drug-likeness (QED) is 0.765. The van der Waals surface area contributed by atoms with Crippen LogP contribution in [0.25, 0.3) is 0 Å². The van der Waals surface area contributed by atoms with Crippen molar-refractivity contribution < 1.29 is 9.53 Å². The Labute approximate surface area is 160 Å². The van der Waals surface area contributed by atoms with Gasteiger partial charge in [0, 0.05) is 24.2 Å². The summed E-state index contributed by atoms with van der Waals surface area (Å²) in [6.45, 7) is 3.19. The highest BCUT2D eigenvalue weighted by Crippen LogP contribution is 2.55. The molecule has 0 radical (unpaired) electrons. The molecule has 3 nitrogen and oxygen atoms in total. The summed E-state index contributed by atoms with van der Waals surface area (Å²) in [6.07, 6.45) is 4.63. The third-order valence-electron chi connectivity index (χ3n) is 6.84. The fourth-order valence-electron chi connectivity index (χ4n) is 5.69. The van der Waals surface area contributed by atoms with Crippen LogP contribution in [0.4, 0.5) is 5.69 Å². The van der Waals surface area contributed by atoms with Crippen molar-refractivity contribution in [1.29, 1.82) is 0 Å². The topological polar surface area (TPSA) is 29.5 Å². The first-order valence-corrected chi connectivity index (χ1v) is 9.86. The van der Waals surface area contributed by atoms with E-state index >= 15 is 0 Å². The molecule has 2 aromatic rings. The van der Waals surface area contributed by atoms with Crippen LogP contribution in [0.1, 0.15) is 18.4 Å². The normalized spacial score (nSPS) is 34.0. The van der Waals surface area contributed by atoms with Crippen molar-refractivity contribution in [2.45, 2.75) is 18.9 Å². The smallest absolute Gasteiger partial charge is 0.146 e. The molecule has 138 valence electrons. The highest BCUT2D eigenvalue weighted by molar-refractivity contribution is 5.93. The summed E-state index contributed by atoms with van der Waals surface area (Å²) in [6, 6.07) is 18.9. The molecule has 2 fully saturated rings. The van der Waals surface area contributed by atoms with Crippen molar-refractivity contribution in [3.63, 3.8) is 0 Å². The Bertz CT molecular complexity index is 873. The minimum Gasteiger partial charge on any atom is -0.497 e. The van der Waals surface area contributed by atoms with E-state index in [4.69, 9.17) is 4.74 Å². The molecule has 5 rings (SSSR count). The van der Waals surface area contributed by atoms with Gasteiger partial charge in [-0.05, 0) is 47.6 Å². The van der Waals surface area contributed by atoms with E-state index in [1.54, 1.807) is 7.11 Å². The van der Waals surface area contributed by atoms with Crippen LogP contribution in [0.2, 0.25) is 0 Å². The van der Waals surface area contributed by atoms with Crippen molar-refractivity contribution >= 4 is 11.5 Å². The third kappa shape index (κ3) is 2.44. The van der Waals surface area contributed by atoms with Crippen LogP contribution < -0.4 is 9.64 Å². The summed E-state index contributed by atoms with van der Waals surface area (Å²) >= 11 is 0. The second-order valence-electron chi connectivity index (χ2n) is 8.14. The summed E-state index contributed by atoms with van der Waals surface area (Å²) in [5.41, 5.74) is 2.35. The lowest BCUT2D eigenvalue weighted by molar-refractivity contribution is -0.123. The Kier molecular flexibility index (Phi) is 3.85. The molecule has 2 aliphatic carbocycles. The fraction of sp³-hybridized carbons (Fsp3) is 0.375. The number of benzene rings is 2. The number of anilines is 1. The monoisotopic (exact) mass is 359 g/mol. The molecule has 0 N–H and O–H groups in total. The van der Waals surface area contributed by atoms with Crippen LogP contribution in [0, 0.1) is 23.7 Å². The zero-order chi connectivity index (χ0) is 18.5. The average molecular weight is 359 g/mol. The lowest BCUT2D eigenvalue weighted by Gasteiger charge is -2.31. The third-order valence-corrected chi connectivity index (χ3v) is 6.84. The highest BCUT2D eigenvalue weighted by atomic mass is 16.5. The van der Waals surface area contributed by atoms with Crippen LogP contribution in [-0.4, -0.2) is 25.5 Å². The number of hydrogen-bond acceptors (Lipinski definition) is 3. The van der Waals surface area contributed by atoms with Gasteiger partial charge in [-0.1, -0.05) is 49.4 Å². The number of ether oxygens (including phenoxy) is 1. The van der Waals surface area contributed by atoms with Crippen molar-refractivity contribution in [2.24, 2.45) is 23.7 Å². The first-order valence-electron chi connectivity index (χ1n) is 9.86. The number of rotatable bonds is 3. The summed E-state index contributed by atoms with van der Waals surface area (Å²) < 4.78 is 5.33. The first kappa shape index (κ1) is 16.6. The second kappa shape index (κ2) is 6.26. The Morgan fingerprint density at radius 1 is 1.00 bits per heavy atom. The maximum atomic E-state index is 13.5. The lowest BCUT2D eigenvalue weighted by Crippen LogP contribution is -2.35. The molecule has 0 spiro atoms. The van der Waals surface area contributed by atoms with Crippen LogP contribution >= 0.6 is 0 Å². The second-order valence-corrected chi connectivity index (χ2v) is 8.14. The van der Waals surface area contributed by atoms with Crippen LogP contribution in [0.3, 0.4) is 0 Å². The van der Waals surface area contributed by atoms with Gasteiger partial charge >= 0.3 is 0 Å². The van der Waals surface area contributed by atoms with E-state index in [1.165, 1.54) is 5.69 Å². The molecule has 1 unspecified atom stereocenters. The molecule has 1 saturated heterocycles. The van der Waals surface area contributed by atoms with E-state index in [9.17, 15) is 4.79 Å². The number of methoxy groups -OCH3 is 1. The van der Waals surface area contributed by atoms with E-state index in [-0.39, 0.29) is 17.9 Å².